The highest BCUT2D eigenvalue weighted by Crippen LogP contribution is 2.43. The van der Waals surface area contributed by atoms with E-state index in [0.29, 0.717) is 16.3 Å². The number of aliphatic hydroxyl groups excluding tert-OH is 1. The monoisotopic (exact) mass is 469 g/mol. The zero-order chi connectivity index (χ0) is 22.9. The van der Waals surface area contributed by atoms with Gasteiger partial charge in [-0.2, -0.15) is 0 Å². The van der Waals surface area contributed by atoms with Crippen molar-refractivity contribution in [1.82, 2.24) is 4.90 Å². The van der Waals surface area contributed by atoms with Gasteiger partial charge in [0.25, 0.3) is 5.91 Å². The van der Waals surface area contributed by atoms with Crippen LogP contribution in [0.25, 0.3) is 0 Å². The highest BCUT2D eigenvalue weighted by Gasteiger charge is 2.46. The molecule has 4 rings (SSSR count). The Bertz CT molecular complexity index is 1270. The van der Waals surface area contributed by atoms with Crippen molar-refractivity contribution in [1.29, 1.82) is 0 Å². The molecule has 0 spiro atoms. The van der Waals surface area contributed by atoms with Crippen molar-refractivity contribution < 1.29 is 23.1 Å². The Labute approximate surface area is 191 Å². The standard InChI is InChI=1S/C24H20ClNO5S/c1-31-19-11-7-16(8-12-19)15-26-21(17-5-3-2-4-6-17)23(22(27)24(26)28)32(29,30)20-13-9-18(25)10-14-20/h2-14,21,27H,15H2,1H3/t21-/m1/s1. The number of ether oxygens (including phenoxy) is 1. The molecule has 1 heterocycles. The fraction of sp³-hybridized carbons (Fsp3) is 0.125. The summed E-state index contributed by atoms with van der Waals surface area (Å²) in [7, 11) is -2.63. The normalized spacial score (nSPS) is 16.5. The lowest BCUT2D eigenvalue weighted by molar-refractivity contribution is -0.130. The van der Waals surface area contributed by atoms with E-state index < -0.39 is 27.5 Å². The Morgan fingerprint density at radius 1 is 0.969 bits per heavy atom. The lowest BCUT2D eigenvalue weighted by Crippen LogP contribution is -2.30. The van der Waals surface area contributed by atoms with E-state index in [2.05, 4.69) is 0 Å². The van der Waals surface area contributed by atoms with E-state index >= 15 is 0 Å². The number of benzene rings is 3. The predicted octanol–water partition coefficient (Wildman–Crippen LogP) is 4.68. The first-order valence-electron chi connectivity index (χ1n) is 9.75. The number of aliphatic hydroxyl groups is 1. The molecule has 164 valence electrons. The van der Waals surface area contributed by atoms with Gasteiger partial charge in [-0.15, -0.1) is 0 Å². The van der Waals surface area contributed by atoms with E-state index in [4.69, 9.17) is 16.3 Å². The summed E-state index contributed by atoms with van der Waals surface area (Å²) in [5, 5.41) is 11.1. The molecule has 0 bridgehead atoms. The molecule has 6 nitrogen and oxygen atoms in total. The van der Waals surface area contributed by atoms with Gasteiger partial charge in [0.15, 0.2) is 5.76 Å². The van der Waals surface area contributed by atoms with E-state index in [-0.39, 0.29) is 16.3 Å². The van der Waals surface area contributed by atoms with E-state index in [0.717, 1.165) is 5.56 Å². The molecule has 32 heavy (non-hydrogen) atoms. The van der Waals surface area contributed by atoms with Gasteiger partial charge in [0.05, 0.1) is 18.0 Å². The average molecular weight is 470 g/mol. The molecule has 1 aliphatic heterocycles. The summed E-state index contributed by atoms with van der Waals surface area (Å²) in [5.41, 5.74) is 1.34. The van der Waals surface area contributed by atoms with Gasteiger partial charge in [0.1, 0.15) is 10.7 Å². The van der Waals surface area contributed by atoms with Gasteiger partial charge in [0.2, 0.25) is 9.84 Å². The van der Waals surface area contributed by atoms with Gasteiger partial charge in [-0.05, 0) is 47.5 Å². The van der Waals surface area contributed by atoms with Crippen molar-refractivity contribution in [2.24, 2.45) is 0 Å². The third-order valence-electron chi connectivity index (χ3n) is 5.30. The Morgan fingerprint density at radius 2 is 1.59 bits per heavy atom. The molecule has 8 heteroatoms. The second-order valence-corrected chi connectivity index (χ2v) is 9.62. The number of hydrogen-bond acceptors (Lipinski definition) is 5. The second kappa shape index (κ2) is 8.68. The molecule has 0 aliphatic carbocycles. The van der Waals surface area contributed by atoms with Gasteiger partial charge < -0.3 is 14.7 Å². The van der Waals surface area contributed by atoms with Crippen LogP contribution in [-0.4, -0.2) is 31.4 Å². The van der Waals surface area contributed by atoms with E-state index in [1.165, 1.54) is 29.2 Å². The number of carbonyl (C=O) groups excluding carboxylic acids is 1. The van der Waals surface area contributed by atoms with Crippen molar-refractivity contribution in [3.63, 3.8) is 0 Å². The Hall–Kier alpha value is -3.29. The highest BCUT2D eigenvalue weighted by atomic mass is 35.5. The maximum atomic E-state index is 13.5. The van der Waals surface area contributed by atoms with Crippen molar-refractivity contribution in [3.05, 3.63) is 106 Å². The van der Waals surface area contributed by atoms with Gasteiger partial charge in [-0.3, -0.25) is 4.79 Å². The summed E-state index contributed by atoms with van der Waals surface area (Å²) in [6.07, 6.45) is 0. The summed E-state index contributed by atoms with van der Waals surface area (Å²) in [5.74, 6) is -0.863. The molecular formula is C24H20ClNO5S. The zero-order valence-electron chi connectivity index (χ0n) is 17.1. The first kappa shape index (κ1) is 21.9. The second-order valence-electron chi connectivity index (χ2n) is 7.26. The van der Waals surface area contributed by atoms with Crippen LogP contribution < -0.4 is 4.74 Å². The van der Waals surface area contributed by atoms with Crippen molar-refractivity contribution in [2.75, 3.05) is 7.11 Å². The van der Waals surface area contributed by atoms with E-state index in [9.17, 15) is 18.3 Å². The molecule has 0 unspecified atom stereocenters. The fourth-order valence-electron chi connectivity index (χ4n) is 3.70. The summed E-state index contributed by atoms with van der Waals surface area (Å²) in [6, 6.07) is 20.5. The van der Waals surface area contributed by atoms with Crippen LogP contribution >= 0.6 is 11.6 Å². The van der Waals surface area contributed by atoms with Gasteiger partial charge >= 0.3 is 0 Å². The molecule has 0 aromatic heterocycles. The van der Waals surface area contributed by atoms with Crippen LogP contribution in [0.5, 0.6) is 5.75 Å². The number of carbonyl (C=O) groups is 1. The Balaban J connectivity index is 1.81. The van der Waals surface area contributed by atoms with Crippen LogP contribution in [0.1, 0.15) is 17.2 Å². The molecular weight excluding hydrogens is 450 g/mol. The molecule has 1 aliphatic rings. The van der Waals surface area contributed by atoms with Crippen LogP contribution in [0.2, 0.25) is 5.02 Å². The van der Waals surface area contributed by atoms with Crippen molar-refractivity contribution >= 4 is 27.3 Å². The lowest BCUT2D eigenvalue weighted by Gasteiger charge is -2.27. The third kappa shape index (κ3) is 3.97. The fourth-order valence-corrected chi connectivity index (χ4v) is 5.48. The third-order valence-corrected chi connectivity index (χ3v) is 7.44. The number of methoxy groups -OCH3 is 1. The van der Waals surface area contributed by atoms with E-state index in [1.54, 1.807) is 61.7 Å². The molecule has 1 N–H and O–H groups in total. The predicted molar refractivity (Wildman–Crippen MR) is 121 cm³/mol. The van der Waals surface area contributed by atoms with Crippen LogP contribution in [0.3, 0.4) is 0 Å². The van der Waals surface area contributed by atoms with Gasteiger partial charge in [0, 0.05) is 11.6 Å². The minimum Gasteiger partial charge on any atom is -0.502 e. The number of sulfone groups is 1. The minimum absolute atomic E-state index is 0.0523. The number of rotatable bonds is 6. The molecule has 3 aromatic rings. The average Bonchev–Trinajstić information content (AvgIpc) is 3.06. The van der Waals surface area contributed by atoms with Crippen LogP contribution in [-0.2, 0) is 21.2 Å². The minimum atomic E-state index is -4.18. The molecule has 1 atom stereocenters. The first-order chi connectivity index (χ1) is 15.3. The van der Waals surface area contributed by atoms with Crippen molar-refractivity contribution in [3.8, 4) is 5.75 Å². The Morgan fingerprint density at radius 3 is 2.19 bits per heavy atom. The molecule has 0 radical (unpaired) electrons. The molecule has 0 saturated carbocycles. The molecule has 1 amide bonds. The highest BCUT2D eigenvalue weighted by molar-refractivity contribution is 7.95. The van der Waals surface area contributed by atoms with Gasteiger partial charge in [-0.1, -0.05) is 54.1 Å². The quantitative estimate of drug-likeness (QED) is 0.567. The maximum Gasteiger partial charge on any atom is 0.290 e. The first-order valence-corrected chi connectivity index (χ1v) is 11.6. The van der Waals surface area contributed by atoms with Crippen LogP contribution in [0, 0.1) is 0 Å². The smallest absolute Gasteiger partial charge is 0.290 e. The molecule has 0 fully saturated rings. The largest absolute Gasteiger partial charge is 0.502 e. The number of hydrogen-bond donors (Lipinski definition) is 1. The zero-order valence-corrected chi connectivity index (χ0v) is 18.7. The summed E-state index contributed by atoms with van der Waals surface area (Å²) >= 11 is 5.91. The molecule has 0 saturated heterocycles. The topological polar surface area (TPSA) is 83.9 Å². The number of nitrogens with zero attached hydrogens (tertiary/aromatic N) is 1. The number of halogens is 1. The SMILES string of the molecule is COc1ccc(CN2C(=O)C(O)=C(S(=O)(=O)c3ccc(Cl)cc3)[C@H]2c2ccccc2)cc1. The van der Waals surface area contributed by atoms with Gasteiger partial charge in [-0.25, -0.2) is 8.42 Å². The van der Waals surface area contributed by atoms with Crippen LogP contribution in [0.4, 0.5) is 0 Å². The maximum absolute atomic E-state index is 13.5. The lowest BCUT2D eigenvalue weighted by atomic mass is 10.1. The van der Waals surface area contributed by atoms with Crippen molar-refractivity contribution in [2.45, 2.75) is 17.5 Å². The number of amides is 1. The Kier molecular flexibility index (Phi) is 5.95. The summed E-state index contributed by atoms with van der Waals surface area (Å²) < 4.78 is 32.2. The summed E-state index contributed by atoms with van der Waals surface area (Å²) in [4.78, 5) is 14.0. The molecule has 3 aromatic carbocycles. The van der Waals surface area contributed by atoms with Crippen LogP contribution in [0.15, 0.2) is 94.4 Å². The summed E-state index contributed by atoms with van der Waals surface area (Å²) in [6.45, 7) is 0.103. The van der Waals surface area contributed by atoms with E-state index in [1.807, 2.05) is 0 Å².